The number of rotatable bonds is 2. The van der Waals surface area contributed by atoms with Crippen molar-refractivity contribution < 1.29 is 4.39 Å². The molecule has 0 amide bonds. The highest BCUT2D eigenvalue weighted by molar-refractivity contribution is 5.27. The molecule has 1 aromatic rings. The van der Waals surface area contributed by atoms with Gasteiger partial charge in [-0.3, -0.25) is 0 Å². The molecular formula is C14H20FN. The Kier molecular flexibility index (Phi) is 3.29. The van der Waals surface area contributed by atoms with Crippen LogP contribution in [-0.2, 0) is 6.42 Å². The lowest BCUT2D eigenvalue weighted by molar-refractivity contribution is 0.0993. The predicted molar refractivity (Wildman–Crippen MR) is 65.2 cm³/mol. The maximum atomic E-state index is 14.6. The summed E-state index contributed by atoms with van der Waals surface area (Å²) in [6.45, 7) is 2.05. The summed E-state index contributed by atoms with van der Waals surface area (Å²) in [7, 11) is 0. The van der Waals surface area contributed by atoms with Crippen molar-refractivity contribution in [2.45, 2.75) is 50.7 Å². The third-order valence-corrected chi connectivity index (χ3v) is 3.69. The average molecular weight is 221 g/mol. The number of alkyl halides is 1. The fraction of sp³-hybridized carbons (Fsp3) is 0.571. The van der Waals surface area contributed by atoms with Crippen LogP contribution in [-0.4, -0.2) is 11.7 Å². The number of hydrogen-bond donors (Lipinski definition) is 1. The molecule has 1 fully saturated rings. The first-order valence-electron chi connectivity index (χ1n) is 6.08. The van der Waals surface area contributed by atoms with Gasteiger partial charge in [0.2, 0.25) is 0 Å². The minimum atomic E-state index is -1.03. The molecule has 1 saturated carbocycles. The molecule has 2 heteroatoms. The van der Waals surface area contributed by atoms with Crippen molar-refractivity contribution >= 4 is 0 Å². The molecule has 0 saturated heterocycles. The first kappa shape index (κ1) is 11.6. The molecule has 2 N–H and O–H groups in total. The first-order valence-corrected chi connectivity index (χ1v) is 6.08. The van der Waals surface area contributed by atoms with Crippen molar-refractivity contribution in [3.05, 3.63) is 35.4 Å². The quantitative estimate of drug-likeness (QED) is 0.815. The molecule has 1 aliphatic rings. The van der Waals surface area contributed by atoms with Gasteiger partial charge in [-0.05, 0) is 43.7 Å². The molecule has 0 aliphatic heterocycles. The van der Waals surface area contributed by atoms with Crippen LogP contribution in [0.2, 0.25) is 0 Å². The highest BCUT2D eigenvalue weighted by Crippen LogP contribution is 2.34. The number of benzene rings is 1. The molecule has 0 atom stereocenters. The molecule has 0 aromatic heterocycles. The number of nitrogens with two attached hydrogens (primary N) is 1. The van der Waals surface area contributed by atoms with Crippen LogP contribution < -0.4 is 5.73 Å². The Morgan fingerprint density at radius 3 is 2.56 bits per heavy atom. The van der Waals surface area contributed by atoms with E-state index in [0.717, 1.165) is 18.4 Å². The maximum absolute atomic E-state index is 14.6. The van der Waals surface area contributed by atoms with Crippen molar-refractivity contribution in [1.82, 2.24) is 0 Å². The summed E-state index contributed by atoms with van der Waals surface area (Å²) >= 11 is 0. The van der Waals surface area contributed by atoms with E-state index >= 15 is 0 Å². The van der Waals surface area contributed by atoms with E-state index < -0.39 is 5.67 Å². The Morgan fingerprint density at radius 2 is 1.94 bits per heavy atom. The van der Waals surface area contributed by atoms with E-state index in [0.29, 0.717) is 19.3 Å². The summed E-state index contributed by atoms with van der Waals surface area (Å²) in [5, 5.41) is 0. The second-order valence-electron chi connectivity index (χ2n) is 5.09. The molecule has 0 heterocycles. The third-order valence-electron chi connectivity index (χ3n) is 3.69. The van der Waals surface area contributed by atoms with Crippen molar-refractivity contribution in [2.24, 2.45) is 5.73 Å². The molecule has 0 unspecified atom stereocenters. The number of hydrogen-bond acceptors (Lipinski definition) is 1. The molecule has 0 radical (unpaired) electrons. The van der Waals surface area contributed by atoms with E-state index in [-0.39, 0.29) is 6.04 Å². The molecule has 2 rings (SSSR count). The van der Waals surface area contributed by atoms with Gasteiger partial charge >= 0.3 is 0 Å². The van der Waals surface area contributed by atoms with Crippen molar-refractivity contribution in [3.8, 4) is 0 Å². The zero-order valence-corrected chi connectivity index (χ0v) is 9.88. The van der Waals surface area contributed by atoms with Gasteiger partial charge in [-0.2, -0.15) is 0 Å². The Hall–Kier alpha value is -0.890. The van der Waals surface area contributed by atoms with E-state index in [2.05, 4.69) is 0 Å². The summed E-state index contributed by atoms with van der Waals surface area (Å²) in [6.07, 6.45) is 3.42. The molecule has 1 aliphatic carbocycles. The van der Waals surface area contributed by atoms with Crippen LogP contribution >= 0.6 is 0 Å². The van der Waals surface area contributed by atoms with Gasteiger partial charge in [-0.1, -0.05) is 24.3 Å². The first-order chi connectivity index (χ1) is 7.59. The van der Waals surface area contributed by atoms with Gasteiger partial charge < -0.3 is 5.73 Å². The van der Waals surface area contributed by atoms with E-state index in [1.165, 1.54) is 5.56 Å². The van der Waals surface area contributed by atoms with Gasteiger partial charge in [0.05, 0.1) is 0 Å². The fourth-order valence-corrected chi connectivity index (χ4v) is 2.48. The van der Waals surface area contributed by atoms with Crippen LogP contribution in [0, 0.1) is 6.92 Å². The predicted octanol–water partition coefficient (Wildman–Crippen LogP) is 3.15. The van der Waals surface area contributed by atoms with Gasteiger partial charge in [0, 0.05) is 12.5 Å². The van der Waals surface area contributed by atoms with Gasteiger partial charge in [0.25, 0.3) is 0 Å². The molecule has 0 bridgehead atoms. The van der Waals surface area contributed by atoms with Crippen LogP contribution in [0.25, 0.3) is 0 Å². The highest BCUT2D eigenvalue weighted by Gasteiger charge is 2.34. The standard InChI is InChI=1S/C14H20FN/c1-11-4-2-3-5-12(11)10-14(15)8-6-13(16)7-9-14/h2-5,13H,6-10,16H2,1H3. The van der Waals surface area contributed by atoms with Crippen molar-refractivity contribution in [1.29, 1.82) is 0 Å². The SMILES string of the molecule is Cc1ccccc1CC1(F)CCC(N)CC1. The summed E-state index contributed by atoms with van der Waals surface area (Å²) < 4.78 is 14.6. The molecular weight excluding hydrogens is 201 g/mol. The summed E-state index contributed by atoms with van der Waals surface area (Å²) in [4.78, 5) is 0. The smallest absolute Gasteiger partial charge is 0.115 e. The van der Waals surface area contributed by atoms with Crippen molar-refractivity contribution in [3.63, 3.8) is 0 Å². The van der Waals surface area contributed by atoms with Crippen molar-refractivity contribution in [2.75, 3.05) is 0 Å². The van der Waals surface area contributed by atoms with E-state index in [1.807, 2.05) is 31.2 Å². The third kappa shape index (κ3) is 2.62. The summed E-state index contributed by atoms with van der Waals surface area (Å²) in [5.41, 5.74) is 7.12. The van der Waals surface area contributed by atoms with Crippen LogP contribution in [0.1, 0.15) is 36.8 Å². The lowest BCUT2D eigenvalue weighted by atomic mass is 9.79. The van der Waals surface area contributed by atoms with Gasteiger partial charge in [0.1, 0.15) is 5.67 Å². The molecule has 16 heavy (non-hydrogen) atoms. The zero-order chi connectivity index (χ0) is 11.6. The Labute approximate surface area is 96.9 Å². The second-order valence-corrected chi connectivity index (χ2v) is 5.09. The minimum Gasteiger partial charge on any atom is -0.328 e. The molecule has 0 spiro atoms. The monoisotopic (exact) mass is 221 g/mol. The topological polar surface area (TPSA) is 26.0 Å². The minimum absolute atomic E-state index is 0.209. The molecule has 88 valence electrons. The zero-order valence-electron chi connectivity index (χ0n) is 9.88. The largest absolute Gasteiger partial charge is 0.328 e. The number of aryl methyl sites for hydroxylation is 1. The fourth-order valence-electron chi connectivity index (χ4n) is 2.48. The Morgan fingerprint density at radius 1 is 1.31 bits per heavy atom. The summed E-state index contributed by atoms with van der Waals surface area (Å²) in [5.74, 6) is 0. The van der Waals surface area contributed by atoms with Crippen LogP contribution in [0.3, 0.4) is 0 Å². The Bertz CT molecular complexity index is 354. The highest BCUT2D eigenvalue weighted by atomic mass is 19.1. The lowest BCUT2D eigenvalue weighted by Crippen LogP contribution is -2.37. The number of halogens is 1. The van der Waals surface area contributed by atoms with Gasteiger partial charge in [0.15, 0.2) is 0 Å². The lowest BCUT2D eigenvalue weighted by Gasteiger charge is -2.33. The molecule has 1 nitrogen and oxygen atoms in total. The average Bonchev–Trinajstić information content (AvgIpc) is 2.27. The van der Waals surface area contributed by atoms with E-state index in [9.17, 15) is 4.39 Å². The normalized spacial score (nSPS) is 30.3. The van der Waals surface area contributed by atoms with E-state index in [1.54, 1.807) is 0 Å². The van der Waals surface area contributed by atoms with Crippen LogP contribution in [0.4, 0.5) is 4.39 Å². The van der Waals surface area contributed by atoms with Gasteiger partial charge in [-0.25, -0.2) is 4.39 Å². The maximum Gasteiger partial charge on any atom is 0.115 e. The van der Waals surface area contributed by atoms with Gasteiger partial charge in [-0.15, -0.1) is 0 Å². The molecule has 1 aromatic carbocycles. The van der Waals surface area contributed by atoms with Crippen LogP contribution in [0.15, 0.2) is 24.3 Å². The second kappa shape index (κ2) is 4.54. The Balaban J connectivity index is 2.07. The van der Waals surface area contributed by atoms with Crippen LogP contribution in [0.5, 0.6) is 0 Å². The summed E-state index contributed by atoms with van der Waals surface area (Å²) in [6, 6.07) is 8.28. The van der Waals surface area contributed by atoms with E-state index in [4.69, 9.17) is 5.73 Å².